The highest BCUT2D eigenvalue weighted by molar-refractivity contribution is 7.92. The molecule has 36 heavy (non-hydrogen) atoms. The summed E-state index contributed by atoms with van der Waals surface area (Å²) >= 11 is 12.6. The smallest absolute Gasteiger partial charge is 0.264 e. The molecular weight excluding hydrogens is 521 g/mol. The zero-order valence-electron chi connectivity index (χ0n) is 19.9. The molecule has 0 heterocycles. The zero-order chi connectivity index (χ0) is 26.3. The number of hydrogen-bond donors (Lipinski definition) is 1. The average Bonchev–Trinajstić information content (AvgIpc) is 2.89. The number of nitrogens with zero attached hydrogens (tertiary/aromatic N) is 2. The maximum Gasteiger partial charge on any atom is 0.264 e. The van der Waals surface area contributed by atoms with E-state index in [9.17, 15) is 18.0 Å². The first-order chi connectivity index (χ1) is 17.2. The molecule has 3 rings (SSSR count). The fraction of sp³-hybridized carbons (Fsp3) is 0.231. The molecule has 0 spiro atoms. The molecule has 0 fully saturated rings. The van der Waals surface area contributed by atoms with Crippen molar-refractivity contribution >= 4 is 50.7 Å². The molecule has 0 saturated heterocycles. The lowest BCUT2D eigenvalue weighted by atomic mass is 10.1. The molecule has 0 bridgehead atoms. The van der Waals surface area contributed by atoms with Crippen LogP contribution >= 0.6 is 23.2 Å². The summed E-state index contributed by atoms with van der Waals surface area (Å²) < 4.78 is 28.3. The SMILES string of the molecule is CNC(=O)[C@H](C)N(CCc1ccccc1)C(=O)CN(c1cccc(Cl)c1Cl)S(=O)(=O)c1ccccc1. The molecule has 2 amide bonds. The molecule has 0 aliphatic carbocycles. The van der Waals surface area contributed by atoms with Gasteiger partial charge in [-0.3, -0.25) is 13.9 Å². The van der Waals surface area contributed by atoms with Crippen LogP contribution in [0.15, 0.2) is 83.8 Å². The summed E-state index contributed by atoms with van der Waals surface area (Å²) in [6, 6.07) is 21.0. The van der Waals surface area contributed by atoms with Crippen LogP contribution in [0.5, 0.6) is 0 Å². The number of anilines is 1. The molecule has 10 heteroatoms. The van der Waals surface area contributed by atoms with Crippen molar-refractivity contribution in [2.75, 3.05) is 24.4 Å². The lowest BCUT2D eigenvalue weighted by molar-refractivity contribution is -0.138. The molecule has 3 aromatic rings. The molecule has 0 unspecified atom stereocenters. The highest BCUT2D eigenvalue weighted by atomic mass is 35.5. The third kappa shape index (κ3) is 6.37. The van der Waals surface area contributed by atoms with Crippen molar-refractivity contribution in [2.45, 2.75) is 24.3 Å². The van der Waals surface area contributed by atoms with Crippen LogP contribution in [0.3, 0.4) is 0 Å². The Morgan fingerprint density at radius 1 is 0.917 bits per heavy atom. The van der Waals surface area contributed by atoms with Gasteiger partial charge in [-0.05, 0) is 43.2 Å². The standard InChI is InChI=1S/C26H27Cl2N3O4S/c1-19(26(33)29-2)30(17-16-20-10-5-3-6-11-20)24(32)18-31(23-15-9-14-22(27)25(23)28)36(34,35)21-12-7-4-8-13-21/h3-15,19H,16-18H2,1-2H3,(H,29,33)/t19-/m0/s1. The molecule has 0 aliphatic heterocycles. The summed E-state index contributed by atoms with van der Waals surface area (Å²) in [5.41, 5.74) is 1.04. The van der Waals surface area contributed by atoms with Gasteiger partial charge in [0.15, 0.2) is 0 Å². The maximum atomic E-state index is 13.7. The van der Waals surface area contributed by atoms with Gasteiger partial charge in [-0.1, -0.05) is 77.8 Å². The second kappa shape index (κ2) is 12.3. The molecule has 0 aromatic heterocycles. The van der Waals surface area contributed by atoms with Crippen molar-refractivity contribution < 1.29 is 18.0 Å². The van der Waals surface area contributed by atoms with Crippen LogP contribution in [-0.2, 0) is 26.0 Å². The number of likely N-dealkylation sites (N-methyl/N-ethyl adjacent to an activating group) is 1. The minimum absolute atomic E-state index is 0.00154. The van der Waals surface area contributed by atoms with Crippen molar-refractivity contribution in [1.29, 1.82) is 0 Å². The Hall–Kier alpha value is -3.07. The molecule has 0 radical (unpaired) electrons. The van der Waals surface area contributed by atoms with Gasteiger partial charge in [0.2, 0.25) is 11.8 Å². The summed E-state index contributed by atoms with van der Waals surface area (Å²) in [5, 5.41) is 2.70. The lowest BCUT2D eigenvalue weighted by Crippen LogP contribution is -2.51. The van der Waals surface area contributed by atoms with Crippen LogP contribution in [0.25, 0.3) is 0 Å². The quantitative estimate of drug-likeness (QED) is 0.407. The monoisotopic (exact) mass is 547 g/mol. The van der Waals surface area contributed by atoms with Crippen LogP contribution in [0.2, 0.25) is 10.0 Å². The normalized spacial score (nSPS) is 12.0. The van der Waals surface area contributed by atoms with E-state index in [1.807, 2.05) is 30.3 Å². The van der Waals surface area contributed by atoms with Gasteiger partial charge in [-0.25, -0.2) is 8.42 Å². The fourth-order valence-corrected chi connectivity index (χ4v) is 5.59. The number of benzene rings is 3. The summed E-state index contributed by atoms with van der Waals surface area (Å²) in [6.07, 6.45) is 0.483. The van der Waals surface area contributed by atoms with Crippen LogP contribution in [0, 0.1) is 0 Å². The molecule has 0 saturated carbocycles. The van der Waals surface area contributed by atoms with Crippen LogP contribution in [0.1, 0.15) is 12.5 Å². The van der Waals surface area contributed by atoms with Crippen molar-refractivity contribution in [3.05, 3.63) is 94.5 Å². The van der Waals surface area contributed by atoms with E-state index in [1.54, 1.807) is 31.2 Å². The fourth-order valence-electron chi connectivity index (χ4n) is 3.70. The maximum absolute atomic E-state index is 13.7. The van der Waals surface area contributed by atoms with E-state index in [2.05, 4.69) is 5.32 Å². The van der Waals surface area contributed by atoms with Gasteiger partial charge >= 0.3 is 0 Å². The van der Waals surface area contributed by atoms with Crippen molar-refractivity contribution in [3.63, 3.8) is 0 Å². The number of nitrogens with one attached hydrogen (secondary N) is 1. The molecule has 1 atom stereocenters. The summed E-state index contributed by atoms with van der Waals surface area (Å²) in [6.45, 7) is 1.23. The van der Waals surface area contributed by atoms with Crippen molar-refractivity contribution in [1.82, 2.24) is 10.2 Å². The third-order valence-electron chi connectivity index (χ3n) is 5.71. The Morgan fingerprint density at radius 3 is 2.14 bits per heavy atom. The molecule has 0 aliphatic rings. The van der Waals surface area contributed by atoms with Gasteiger partial charge in [-0.15, -0.1) is 0 Å². The first-order valence-electron chi connectivity index (χ1n) is 11.2. The predicted octanol–water partition coefficient (Wildman–Crippen LogP) is 4.39. The highest BCUT2D eigenvalue weighted by Gasteiger charge is 2.33. The van der Waals surface area contributed by atoms with Gasteiger partial charge in [-0.2, -0.15) is 0 Å². The Labute approximate surface area is 221 Å². The van der Waals surface area contributed by atoms with E-state index in [-0.39, 0.29) is 33.1 Å². The zero-order valence-corrected chi connectivity index (χ0v) is 22.2. The molecule has 7 nitrogen and oxygen atoms in total. The van der Waals surface area contributed by atoms with E-state index >= 15 is 0 Å². The predicted molar refractivity (Wildman–Crippen MR) is 143 cm³/mol. The number of carbonyl (C=O) groups excluding carboxylic acids is 2. The summed E-state index contributed by atoms with van der Waals surface area (Å²) in [7, 11) is -2.72. The first-order valence-corrected chi connectivity index (χ1v) is 13.4. The number of carbonyl (C=O) groups is 2. The molecule has 1 N–H and O–H groups in total. The number of halogens is 2. The third-order valence-corrected chi connectivity index (χ3v) is 8.29. The topological polar surface area (TPSA) is 86.8 Å². The Bertz CT molecular complexity index is 1310. The largest absolute Gasteiger partial charge is 0.357 e. The Balaban J connectivity index is 2.00. The summed E-state index contributed by atoms with van der Waals surface area (Å²) in [5.74, 6) is -0.924. The van der Waals surface area contributed by atoms with Gasteiger partial charge < -0.3 is 10.2 Å². The van der Waals surface area contributed by atoms with E-state index in [1.165, 1.54) is 36.2 Å². The average molecular weight is 548 g/mol. The minimum Gasteiger partial charge on any atom is -0.357 e. The Morgan fingerprint density at radius 2 is 1.53 bits per heavy atom. The van der Waals surface area contributed by atoms with Crippen LogP contribution in [0.4, 0.5) is 5.69 Å². The van der Waals surface area contributed by atoms with Crippen LogP contribution < -0.4 is 9.62 Å². The van der Waals surface area contributed by atoms with E-state index in [0.717, 1.165) is 9.87 Å². The summed E-state index contributed by atoms with van der Waals surface area (Å²) in [4.78, 5) is 27.5. The van der Waals surface area contributed by atoms with Gasteiger partial charge in [0, 0.05) is 13.6 Å². The second-order valence-corrected chi connectivity index (χ2v) is 10.7. The Kier molecular flexibility index (Phi) is 9.37. The number of hydrogen-bond acceptors (Lipinski definition) is 4. The molecular formula is C26H27Cl2N3O4S. The minimum atomic E-state index is -4.20. The first kappa shape index (κ1) is 27.5. The number of rotatable bonds is 10. The van der Waals surface area contributed by atoms with E-state index < -0.39 is 28.5 Å². The van der Waals surface area contributed by atoms with Crippen LogP contribution in [-0.4, -0.2) is 51.3 Å². The second-order valence-electron chi connectivity index (χ2n) is 8.01. The number of sulfonamides is 1. The molecule has 3 aromatic carbocycles. The van der Waals surface area contributed by atoms with Crippen molar-refractivity contribution in [2.24, 2.45) is 0 Å². The molecule has 190 valence electrons. The van der Waals surface area contributed by atoms with Crippen molar-refractivity contribution in [3.8, 4) is 0 Å². The van der Waals surface area contributed by atoms with E-state index in [4.69, 9.17) is 23.2 Å². The van der Waals surface area contributed by atoms with Gasteiger partial charge in [0.05, 0.1) is 20.6 Å². The number of amides is 2. The lowest BCUT2D eigenvalue weighted by Gasteiger charge is -2.32. The van der Waals surface area contributed by atoms with Gasteiger partial charge in [0.1, 0.15) is 12.6 Å². The van der Waals surface area contributed by atoms with Gasteiger partial charge in [0.25, 0.3) is 10.0 Å². The highest BCUT2D eigenvalue weighted by Crippen LogP contribution is 2.35. The van der Waals surface area contributed by atoms with E-state index in [0.29, 0.717) is 6.42 Å².